The molecule has 0 saturated heterocycles. The van der Waals surface area contributed by atoms with Crippen LogP contribution in [-0.2, 0) is 9.68 Å². The molecule has 0 radical (unpaired) electrons. The Morgan fingerprint density at radius 2 is 1.67 bits per heavy atom. The van der Waals surface area contributed by atoms with Crippen LogP contribution in [0.25, 0.3) is 0 Å². The summed E-state index contributed by atoms with van der Waals surface area (Å²) in [6.45, 7) is 12.0. The van der Waals surface area contributed by atoms with Crippen LogP contribution in [0.5, 0.6) is 0 Å². The van der Waals surface area contributed by atoms with Crippen LogP contribution in [0.1, 0.15) is 38.8 Å². The van der Waals surface area contributed by atoms with Crippen molar-refractivity contribution in [2.24, 2.45) is 0 Å². The van der Waals surface area contributed by atoms with Gasteiger partial charge in [0.15, 0.2) is 11.6 Å². The number of aromatic nitrogens is 1. The zero-order chi connectivity index (χ0) is 15.8. The second-order valence-corrected chi connectivity index (χ2v) is 4.33. The van der Waals surface area contributed by atoms with E-state index in [1.54, 1.807) is 10.1 Å². The number of hydroxylamine groups is 2. The summed E-state index contributed by atoms with van der Waals surface area (Å²) in [4.78, 5) is 15.7. The van der Waals surface area contributed by atoms with Gasteiger partial charge in [-0.25, -0.2) is 15.1 Å². The zero-order valence-corrected chi connectivity index (χ0v) is 13.5. The Morgan fingerprint density at radius 3 is 2.14 bits per heavy atom. The van der Waals surface area contributed by atoms with Crippen LogP contribution in [0.4, 0.5) is 11.6 Å². The fraction of sp³-hybridized carbons (Fsp3) is 0.600. The first-order valence-corrected chi connectivity index (χ1v) is 7.35. The van der Waals surface area contributed by atoms with Gasteiger partial charge in [-0.1, -0.05) is 0 Å². The van der Waals surface area contributed by atoms with Gasteiger partial charge in [0.2, 0.25) is 0 Å². The molecule has 0 atom stereocenters. The first-order chi connectivity index (χ1) is 10.1. The van der Waals surface area contributed by atoms with Crippen molar-refractivity contribution in [2.75, 3.05) is 36.4 Å². The molecule has 1 rings (SSSR count). The van der Waals surface area contributed by atoms with Gasteiger partial charge in [-0.2, -0.15) is 5.26 Å². The van der Waals surface area contributed by atoms with Gasteiger partial charge in [-0.05, 0) is 46.2 Å². The van der Waals surface area contributed by atoms with Crippen molar-refractivity contribution >= 4 is 11.6 Å². The van der Waals surface area contributed by atoms with Gasteiger partial charge in [0.1, 0.15) is 6.07 Å². The minimum atomic E-state index is 0.520. The average Bonchev–Trinajstić information content (AvgIpc) is 2.49. The SMILES string of the molecule is CCON(CC)c1cc(C)c(C#N)c(N(CC)OCC)n1. The summed E-state index contributed by atoms with van der Waals surface area (Å²) in [6.07, 6.45) is 0. The molecular weight excluding hydrogens is 268 g/mol. The normalized spacial score (nSPS) is 10.3. The standard InChI is InChI=1S/C15H24N4O2/c1-6-18(20-8-3)14-10-12(5)13(11-16)15(17-14)19(7-2)21-9-4/h10H,6-9H2,1-5H3. The van der Waals surface area contributed by atoms with Gasteiger partial charge in [0.25, 0.3) is 0 Å². The Kier molecular flexibility index (Phi) is 6.92. The molecule has 1 heterocycles. The van der Waals surface area contributed by atoms with Crippen LogP contribution in [0.15, 0.2) is 6.07 Å². The summed E-state index contributed by atoms with van der Waals surface area (Å²) < 4.78 is 0. The third kappa shape index (κ3) is 4.06. The molecule has 0 bridgehead atoms. The van der Waals surface area contributed by atoms with Crippen molar-refractivity contribution in [3.8, 4) is 6.07 Å². The lowest BCUT2D eigenvalue weighted by molar-refractivity contribution is 0.116. The minimum absolute atomic E-state index is 0.520. The van der Waals surface area contributed by atoms with E-state index in [1.165, 1.54) is 0 Å². The smallest absolute Gasteiger partial charge is 0.173 e. The molecule has 0 fully saturated rings. The summed E-state index contributed by atoms with van der Waals surface area (Å²) in [6, 6.07) is 4.07. The molecule has 116 valence electrons. The van der Waals surface area contributed by atoms with E-state index in [-0.39, 0.29) is 0 Å². The summed E-state index contributed by atoms with van der Waals surface area (Å²) in [5.41, 5.74) is 1.38. The van der Waals surface area contributed by atoms with Gasteiger partial charge in [-0.3, -0.25) is 9.68 Å². The molecule has 0 aliphatic carbocycles. The zero-order valence-electron chi connectivity index (χ0n) is 13.5. The Labute approximate surface area is 126 Å². The molecule has 0 amide bonds. The highest BCUT2D eigenvalue weighted by molar-refractivity contribution is 5.61. The number of aryl methyl sites for hydroxylation is 1. The van der Waals surface area contributed by atoms with Crippen molar-refractivity contribution < 1.29 is 9.68 Å². The van der Waals surface area contributed by atoms with Crippen LogP contribution >= 0.6 is 0 Å². The van der Waals surface area contributed by atoms with E-state index in [2.05, 4.69) is 11.1 Å². The lowest BCUT2D eigenvalue weighted by Gasteiger charge is -2.26. The third-order valence-electron chi connectivity index (χ3n) is 2.93. The maximum Gasteiger partial charge on any atom is 0.173 e. The van der Waals surface area contributed by atoms with Gasteiger partial charge in [0.05, 0.1) is 18.8 Å². The molecule has 6 heteroatoms. The molecule has 1 aromatic heterocycles. The van der Waals surface area contributed by atoms with Crippen LogP contribution < -0.4 is 10.1 Å². The summed E-state index contributed by atoms with van der Waals surface area (Å²) in [5, 5.41) is 12.8. The van der Waals surface area contributed by atoms with Crippen molar-refractivity contribution in [3.63, 3.8) is 0 Å². The largest absolute Gasteiger partial charge is 0.272 e. The second-order valence-electron chi connectivity index (χ2n) is 4.33. The van der Waals surface area contributed by atoms with E-state index in [1.807, 2.05) is 40.7 Å². The van der Waals surface area contributed by atoms with Gasteiger partial charge >= 0.3 is 0 Å². The number of pyridine rings is 1. The lowest BCUT2D eigenvalue weighted by Crippen LogP contribution is -2.28. The van der Waals surface area contributed by atoms with Gasteiger partial charge in [-0.15, -0.1) is 0 Å². The molecule has 0 aliphatic rings. The molecule has 0 saturated carbocycles. The Bertz CT molecular complexity index is 499. The highest BCUT2D eigenvalue weighted by atomic mass is 16.7. The van der Waals surface area contributed by atoms with Gasteiger partial charge in [0, 0.05) is 13.1 Å². The van der Waals surface area contributed by atoms with Gasteiger partial charge < -0.3 is 0 Å². The molecule has 1 aromatic rings. The Morgan fingerprint density at radius 1 is 1.10 bits per heavy atom. The molecule has 6 nitrogen and oxygen atoms in total. The fourth-order valence-electron chi connectivity index (χ4n) is 2.02. The fourth-order valence-corrected chi connectivity index (χ4v) is 2.02. The van der Waals surface area contributed by atoms with Crippen LogP contribution in [0.2, 0.25) is 0 Å². The van der Waals surface area contributed by atoms with Crippen LogP contribution in [0, 0.1) is 18.3 Å². The number of nitrogens with zero attached hydrogens (tertiary/aromatic N) is 4. The topological polar surface area (TPSA) is 61.6 Å². The number of hydrogen-bond donors (Lipinski definition) is 0. The number of anilines is 2. The molecule has 0 aliphatic heterocycles. The predicted molar refractivity (Wildman–Crippen MR) is 83.0 cm³/mol. The maximum absolute atomic E-state index is 9.38. The van der Waals surface area contributed by atoms with Crippen molar-refractivity contribution in [1.82, 2.24) is 4.98 Å². The van der Waals surface area contributed by atoms with E-state index in [0.717, 1.165) is 5.56 Å². The van der Waals surface area contributed by atoms with E-state index in [4.69, 9.17) is 9.68 Å². The van der Waals surface area contributed by atoms with Crippen molar-refractivity contribution in [3.05, 3.63) is 17.2 Å². The molecule has 0 spiro atoms. The predicted octanol–water partition coefficient (Wildman–Crippen LogP) is 2.82. The minimum Gasteiger partial charge on any atom is -0.272 e. The van der Waals surface area contributed by atoms with E-state index >= 15 is 0 Å². The average molecular weight is 292 g/mol. The molecule has 21 heavy (non-hydrogen) atoms. The Hall–Kier alpha value is -1.84. The maximum atomic E-state index is 9.38. The summed E-state index contributed by atoms with van der Waals surface area (Å²) >= 11 is 0. The van der Waals surface area contributed by atoms with Crippen molar-refractivity contribution in [1.29, 1.82) is 5.26 Å². The van der Waals surface area contributed by atoms with Crippen LogP contribution in [0.3, 0.4) is 0 Å². The Balaban J connectivity index is 3.32. The lowest BCUT2D eigenvalue weighted by atomic mass is 10.1. The monoisotopic (exact) mass is 292 g/mol. The highest BCUT2D eigenvalue weighted by Crippen LogP contribution is 2.26. The number of rotatable bonds is 8. The summed E-state index contributed by atoms with van der Waals surface area (Å²) in [7, 11) is 0. The van der Waals surface area contributed by atoms with E-state index in [0.29, 0.717) is 43.5 Å². The molecule has 0 N–H and O–H groups in total. The first-order valence-electron chi connectivity index (χ1n) is 7.35. The number of nitriles is 1. The molecule has 0 aromatic carbocycles. The third-order valence-corrected chi connectivity index (χ3v) is 2.93. The summed E-state index contributed by atoms with van der Waals surface area (Å²) in [5.74, 6) is 1.22. The highest BCUT2D eigenvalue weighted by Gasteiger charge is 2.18. The molecule has 0 unspecified atom stereocenters. The number of hydrogen-bond acceptors (Lipinski definition) is 6. The van der Waals surface area contributed by atoms with Crippen molar-refractivity contribution in [2.45, 2.75) is 34.6 Å². The van der Waals surface area contributed by atoms with E-state index < -0.39 is 0 Å². The molecular formula is C15H24N4O2. The second kappa shape index (κ2) is 8.45. The first kappa shape index (κ1) is 17.2. The quantitative estimate of drug-likeness (QED) is 0.687. The van der Waals surface area contributed by atoms with E-state index in [9.17, 15) is 5.26 Å². The van der Waals surface area contributed by atoms with Crippen LogP contribution in [-0.4, -0.2) is 31.3 Å².